The lowest BCUT2D eigenvalue weighted by Crippen LogP contribution is -2.59. The molecule has 6 atom stereocenters. The molecule has 11 nitrogen and oxygen atoms in total. The number of aliphatic hydroxyl groups is 4. The second kappa shape index (κ2) is 8.96. The van der Waals surface area contributed by atoms with Crippen molar-refractivity contribution in [3.05, 3.63) is 47.2 Å². The molecule has 0 bridgehead atoms. The summed E-state index contributed by atoms with van der Waals surface area (Å²) in [6.45, 7) is -0.637. The van der Waals surface area contributed by atoms with Gasteiger partial charge in [-0.15, -0.1) is 0 Å². The van der Waals surface area contributed by atoms with E-state index in [1.54, 1.807) is 0 Å². The van der Waals surface area contributed by atoms with Gasteiger partial charge >= 0.3 is 0 Å². The molecule has 2 aromatic rings. The van der Waals surface area contributed by atoms with Gasteiger partial charge in [0.15, 0.2) is 17.6 Å². The number of rotatable bonds is 5. The molecule has 2 aliphatic heterocycles. The van der Waals surface area contributed by atoms with Gasteiger partial charge in [0, 0.05) is 17.7 Å². The van der Waals surface area contributed by atoms with E-state index >= 15 is 0 Å². The summed E-state index contributed by atoms with van der Waals surface area (Å²) in [4.78, 5) is 0. The third kappa shape index (κ3) is 4.24. The molecule has 4 rings (SSSR count). The molecule has 2 heterocycles. The average Bonchev–Trinajstić information content (AvgIpc) is 2.79. The summed E-state index contributed by atoms with van der Waals surface area (Å²) in [6.07, 6.45) is -7.20. The van der Waals surface area contributed by atoms with Crippen LogP contribution in [0.1, 0.15) is 17.2 Å². The highest BCUT2D eigenvalue weighted by atomic mass is 16.7. The Morgan fingerprint density at radius 1 is 0.939 bits per heavy atom. The molecule has 1 saturated heterocycles. The predicted molar refractivity (Wildman–Crippen MR) is 111 cm³/mol. The molecule has 2 aliphatic rings. The number of ether oxygens (including phenoxy) is 4. The highest BCUT2D eigenvalue weighted by Crippen LogP contribution is 2.45. The standard InChI is InChI=1S/C22H24O11/c1-30-15-4-9(2-3-12(15)25)21-16(7-11-13(26)5-10(24)6-14(11)31-21)32-22-20(29)19(28)18(27)17(8-23)33-22/h2-7,17-29H,8H2,1H3/t17-,18-,19+,20-,21?,22-/m1/s1. The number of methoxy groups -OCH3 is 1. The molecule has 1 unspecified atom stereocenters. The van der Waals surface area contributed by atoms with Crippen LogP contribution in [-0.2, 0) is 9.47 Å². The lowest BCUT2D eigenvalue weighted by atomic mass is 9.98. The Hall–Kier alpha value is -3.22. The number of aliphatic hydroxyl groups excluding tert-OH is 4. The maximum atomic E-state index is 10.4. The Kier molecular flexibility index (Phi) is 6.23. The van der Waals surface area contributed by atoms with Gasteiger partial charge in [0.2, 0.25) is 6.29 Å². The van der Waals surface area contributed by atoms with Gasteiger partial charge < -0.3 is 54.7 Å². The number of aromatic hydroxyl groups is 3. The Morgan fingerprint density at radius 3 is 2.39 bits per heavy atom. The molecule has 0 spiro atoms. The van der Waals surface area contributed by atoms with Crippen molar-refractivity contribution in [2.24, 2.45) is 0 Å². The molecule has 0 aromatic heterocycles. The van der Waals surface area contributed by atoms with Gasteiger partial charge in [-0.25, -0.2) is 0 Å². The van der Waals surface area contributed by atoms with E-state index in [-0.39, 0.29) is 40.1 Å². The maximum absolute atomic E-state index is 10.4. The molecule has 0 saturated carbocycles. The molecule has 0 amide bonds. The highest BCUT2D eigenvalue weighted by molar-refractivity contribution is 5.69. The summed E-state index contributed by atoms with van der Waals surface area (Å²) in [7, 11) is 1.37. The van der Waals surface area contributed by atoms with Crippen molar-refractivity contribution in [3.63, 3.8) is 0 Å². The van der Waals surface area contributed by atoms with E-state index in [0.29, 0.717) is 5.56 Å². The largest absolute Gasteiger partial charge is 0.508 e. The van der Waals surface area contributed by atoms with Crippen molar-refractivity contribution in [2.45, 2.75) is 36.8 Å². The smallest absolute Gasteiger partial charge is 0.228 e. The van der Waals surface area contributed by atoms with E-state index in [1.165, 1.54) is 37.5 Å². The number of phenolic OH excluding ortho intramolecular Hbond substituents is 3. The van der Waals surface area contributed by atoms with Crippen molar-refractivity contribution in [3.8, 4) is 28.7 Å². The Balaban J connectivity index is 1.75. The fourth-order valence-corrected chi connectivity index (χ4v) is 3.73. The van der Waals surface area contributed by atoms with Crippen LogP contribution in [0.5, 0.6) is 28.7 Å². The highest BCUT2D eigenvalue weighted by Gasteiger charge is 2.46. The maximum Gasteiger partial charge on any atom is 0.228 e. The molecule has 1 fully saturated rings. The lowest BCUT2D eigenvalue weighted by molar-refractivity contribution is -0.293. The molecule has 33 heavy (non-hydrogen) atoms. The molecular weight excluding hydrogens is 440 g/mol. The molecule has 178 valence electrons. The second-order valence-electron chi connectivity index (χ2n) is 7.67. The van der Waals surface area contributed by atoms with Crippen LogP contribution < -0.4 is 9.47 Å². The van der Waals surface area contributed by atoms with Gasteiger partial charge in [-0.3, -0.25) is 0 Å². The average molecular weight is 464 g/mol. The zero-order chi connectivity index (χ0) is 23.9. The fraction of sp³-hybridized carbons (Fsp3) is 0.364. The fourth-order valence-electron chi connectivity index (χ4n) is 3.73. The van der Waals surface area contributed by atoms with Crippen LogP contribution >= 0.6 is 0 Å². The van der Waals surface area contributed by atoms with E-state index in [4.69, 9.17) is 18.9 Å². The Bertz CT molecular complexity index is 1050. The van der Waals surface area contributed by atoms with Crippen molar-refractivity contribution >= 4 is 6.08 Å². The summed E-state index contributed by atoms with van der Waals surface area (Å²) in [5.41, 5.74) is 0.614. The number of benzene rings is 2. The number of phenols is 3. The van der Waals surface area contributed by atoms with E-state index in [1.807, 2.05) is 0 Å². The third-order valence-electron chi connectivity index (χ3n) is 5.50. The number of hydrogen-bond acceptors (Lipinski definition) is 11. The Morgan fingerprint density at radius 2 is 1.70 bits per heavy atom. The van der Waals surface area contributed by atoms with Crippen LogP contribution in [-0.4, -0.2) is 80.2 Å². The minimum atomic E-state index is -1.67. The SMILES string of the molecule is COc1cc(C2Oc3cc(O)cc(O)c3C=C2O[C@@H]2O[C@H](CO)[C@@H](O)[C@H](O)[C@H]2O)ccc1O. The van der Waals surface area contributed by atoms with Gasteiger partial charge in [-0.05, 0) is 18.2 Å². The summed E-state index contributed by atoms with van der Waals surface area (Å²) >= 11 is 0. The van der Waals surface area contributed by atoms with Crippen LogP contribution in [0.2, 0.25) is 0 Å². The summed E-state index contributed by atoms with van der Waals surface area (Å²) in [5, 5.41) is 69.9. The summed E-state index contributed by atoms with van der Waals surface area (Å²) < 4.78 is 22.3. The first-order valence-electron chi connectivity index (χ1n) is 10.0. The van der Waals surface area contributed by atoms with Gasteiger partial charge in [0.1, 0.15) is 47.4 Å². The molecular formula is C22H24O11. The molecule has 7 N–H and O–H groups in total. The first-order chi connectivity index (χ1) is 15.7. The van der Waals surface area contributed by atoms with E-state index in [0.717, 1.165) is 6.07 Å². The van der Waals surface area contributed by atoms with Crippen LogP contribution in [0.25, 0.3) is 6.08 Å². The van der Waals surface area contributed by atoms with Crippen LogP contribution in [0, 0.1) is 0 Å². The predicted octanol–water partition coefficient (Wildman–Crippen LogP) is 0.103. The van der Waals surface area contributed by atoms with Crippen molar-refractivity contribution < 1.29 is 54.7 Å². The van der Waals surface area contributed by atoms with E-state index < -0.39 is 43.4 Å². The molecule has 0 aliphatic carbocycles. The summed E-state index contributed by atoms with van der Waals surface area (Å²) in [5.74, 6) is -0.353. The van der Waals surface area contributed by atoms with Gasteiger partial charge in [0.05, 0.1) is 19.3 Å². The van der Waals surface area contributed by atoms with Crippen molar-refractivity contribution in [2.75, 3.05) is 13.7 Å². The number of hydrogen-bond donors (Lipinski definition) is 7. The minimum Gasteiger partial charge on any atom is -0.508 e. The van der Waals surface area contributed by atoms with Crippen molar-refractivity contribution in [1.82, 2.24) is 0 Å². The van der Waals surface area contributed by atoms with E-state index in [9.17, 15) is 35.7 Å². The molecule has 11 heteroatoms. The van der Waals surface area contributed by atoms with Gasteiger partial charge in [-0.2, -0.15) is 0 Å². The van der Waals surface area contributed by atoms with Gasteiger partial charge in [0.25, 0.3) is 0 Å². The zero-order valence-electron chi connectivity index (χ0n) is 17.4. The van der Waals surface area contributed by atoms with Crippen LogP contribution in [0.15, 0.2) is 36.1 Å². The lowest BCUT2D eigenvalue weighted by Gasteiger charge is -2.41. The minimum absolute atomic E-state index is 0.0283. The molecule has 2 aromatic carbocycles. The van der Waals surface area contributed by atoms with Crippen molar-refractivity contribution in [1.29, 1.82) is 0 Å². The zero-order valence-corrected chi connectivity index (χ0v) is 17.4. The normalized spacial score (nSPS) is 28.9. The molecule has 0 radical (unpaired) electrons. The van der Waals surface area contributed by atoms with Crippen LogP contribution in [0.4, 0.5) is 0 Å². The Labute approximate surface area is 187 Å². The van der Waals surface area contributed by atoms with Gasteiger partial charge in [-0.1, -0.05) is 6.07 Å². The topological polar surface area (TPSA) is 179 Å². The van der Waals surface area contributed by atoms with Crippen LogP contribution in [0.3, 0.4) is 0 Å². The second-order valence-corrected chi connectivity index (χ2v) is 7.67. The monoisotopic (exact) mass is 464 g/mol. The summed E-state index contributed by atoms with van der Waals surface area (Å²) in [6, 6.07) is 6.78. The quantitative estimate of drug-likeness (QED) is 0.319. The first kappa shape index (κ1) is 23.0. The third-order valence-corrected chi connectivity index (χ3v) is 5.50. The first-order valence-corrected chi connectivity index (χ1v) is 10.0. The number of fused-ring (bicyclic) bond motifs is 1. The van der Waals surface area contributed by atoms with E-state index in [2.05, 4.69) is 0 Å².